The third-order valence-electron chi connectivity index (χ3n) is 3.20. The van der Waals surface area contributed by atoms with E-state index in [1.54, 1.807) is 0 Å². The molecule has 1 aliphatic rings. The summed E-state index contributed by atoms with van der Waals surface area (Å²) in [5.41, 5.74) is 0. The molecule has 102 valence electrons. The van der Waals surface area contributed by atoms with Gasteiger partial charge in [0.05, 0.1) is 5.75 Å². The van der Waals surface area contributed by atoms with Crippen molar-refractivity contribution >= 4 is 10.0 Å². The van der Waals surface area contributed by atoms with Crippen molar-refractivity contribution in [2.45, 2.75) is 64.5 Å². The molecule has 1 fully saturated rings. The first-order valence-electron chi connectivity index (χ1n) is 6.77. The van der Waals surface area contributed by atoms with Crippen LogP contribution < -0.4 is 10.0 Å². The summed E-state index contributed by atoms with van der Waals surface area (Å²) in [6, 6.07) is 0.197. The smallest absolute Gasteiger partial charge is 0.213 e. The van der Waals surface area contributed by atoms with Crippen LogP contribution in [0.3, 0.4) is 0 Å². The van der Waals surface area contributed by atoms with Gasteiger partial charge in [0, 0.05) is 12.1 Å². The van der Waals surface area contributed by atoms with Crippen molar-refractivity contribution in [3.8, 4) is 0 Å². The lowest BCUT2D eigenvalue weighted by Gasteiger charge is -2.24. The molecular weight excluding hydrogens is 236 g/mol. The van der Waals surface area contributed by atoms with Crippen LogP contribution in [0.15, 0.2) is 0 Å². The Morgan fingerprint density at radius 2 is 2.18 bits per heavy atom. The molecule has 2 N–H and O–H groups in total. The average molecular weight is 262 g/mol. The fourth-order valence-electron chi connectivity index (χ4n) is 2.25. The number of hydrogen-bond acceptors (Lipinski definition) is 3. The Hall–Kier alpha value is -0.130. The summed E-state index contributed by atoms with van der Waals surface area (Å²) < 4.78 is 26.6. The lowest BCUT2D eigenvalue weighted by molar-refractivity contribution is 0.421. The van der Waals surface area contributed by atoms with Crippen LogP contribution in [0.5, 0.6) is 0 Å². The van der Waals surface area contributed by atoms with E-state index in [0.29, 0.717) is 0 Å². The van der Waals surface area contributed by atoms with Gasteiger partial charge in [0.2, 0.25) is 10.0 Å². The van der Waals surface area contributed by atoms with Crippen molar-refractivity contribution in [3.05, 3.63) is 0 Å². The van der Waals surface area contributed by atoms with Crippen molar-refractivity contribution in [1.82, 2.24) is 10.0 Å². The van der Waals surface area contributed by atoms with Crippen LogP contribution in [-0.2, 0) is 10.0 Å². The van der Waals surface area contributed by atoms with Gasteiger partial charge >= 0.3 is 0 Å². The van der Waals surface area contributed by atoms with Crippen LogP contribution in [-0.4, -0.2) is 32.8 Å². The summed E-state index contributed by atoms with van der Waals surface area (Å²) in [4.78, 5) is 0. The van der Waals surface area contributed by atoms with E-state index >= 15 is 0 Å². The molecule has 0 amide bonds. The summed E-state index contributed by atoms with van der Waals surface area (Å²) in [6.45, 7) is 5.01. The maximum Gasteiger partial charge on any atom is 0.213 e. The maximum absolute atomic E-state index is 11.9. The minimum atomic E-state index is -3.12. The first kappa shape index (κ1) is 14.9. The van der Waals surface area contributed by atoms with Crippen LogP contribution in [0.4, 0.5) is 0 Å². The fraction of sp³-hybridized carbons (Fsp3) is 1.00. The van der Waals surface area contributed by atoms with Gasteiger partial charge < -0.3 is 5.32 Å². The fourth-order valence-corrected chi connectivity index (χ4v) is 3.90. The van der Waals surface area contributed by atoms with Gasteiger partial charge in [-0.25, -0.2) is 13.1 Å². The molecule has 0 bridgehead atoms. The van der Waals surface area contributed by atoms with Gasteiger partial charge in [-0.1, -0.05) is 26.2 Å². The molecule has 1 aliphatic heterocycles. The number of nitrogens with one attached hydrogen (secondary N) is 2. The monoisotopic (exact) mass is 262 g/mol. The highest BCUT2D eigenvalue weighted by Crippen LogP contribution is 2.09. The molecule has 2 unspecified atom stereocenters. The second kappa shape index (κ2) is 7.34. The van der Waals surface area contributed by atoms with E-state index in [2.05, 4.69) is 17.0 Å². The Kier molecular flexibility index (Phi) is 6.44. The number of hydrogen-bond donors (Lipinski definition) is 2. The first-order chi connectivity index (χ1) is 8.03. The Bertz CT molecular complexity index is 298. The molecule has 1 rings (SSSR count). The molecule has 2 atom stereocenters. The van der Waals surface area contributed by atoms with Crippen molar-refractivity contribution < 1.29 is 8.42 Å². The SMILES string of the molecule is CCCCC(C)NS(=O)(=O)CC1CCCCN1. The molecule has 1 saturated heterocycles. The third-order valence-corrected chi connectivity index (χ3v) is 4.81. The molecule has 0 aromatic carbocycles. The maximum atomic E-state index is 11.9. The van der Waals surface area contributed by atoms with Gasteiger partial charge in [-0.15, -0.1) is 0 Å². The van der Waals surface area contributed by atoms with Crippen molar-refractivity contribution in [2.75, 3.05) is 12.3 Å². The van der Waals surface area contributed by atoms with Gasteiger partial charge in [-0.05, 0) is 32.7 Å². The second-order valence-electron chi connectivity index (χ2n) is 5.09. The van der Waals surface area contributed by atoms with Gasteiger partial charge in [-0.3, -0.25) is 0 Å². The molecule has 0 radical (unpaired) electrons. The quantitative estimate of drug-likeness (QED) is 0.733. The van der Waals surface area contributed by atoms with Crippen LogP contribution >= 0.6 is 0 Å². The zero-order valence-corrected chi connectivity index (χ0v) is 11.9. The zero-order valence-electron chi connectivity index (χ0n) is 11.0. The molecule has 1 heterocycles. The molecule has 17 heavy (non-hydrogen) atoms. The van der Waals surface area contributed by atoms with Crippen LogP contribution in [0.1, 0.15) is 52.4 Å². The molecule has 0 spiro atoms. The Morgan fingerprint density at radius 3 is 2.76 bits per heavy atom. The number of rotatable bonds is 7. The predicted molar refractivity (Wildman–Crippen MR) is 71.6 cm³/mol. The van der Waals surface area contributed by atoms with E-state index in [0.717, 1.165) is 45.1 Å². The van der Waals surface area contributed by atoms with E-state index < -0.39 is 10.0 Å². The molecule has 4 nitrogen and oxygen atoms in total. The highest BCUT2D eigenvalue weighted by molar-refractivity contribution is 7.89. The van der Waals surface area contributed by atoms with Crippen molar-refractivity contribution in [2.24, 2.45) is 0 Å². The highest BCUT2D eigenvalue weighted by Gasteiger charge is 2.21. The minimum absolute atomic E-state index is 0.0588. The average Bonchev–Trinajstić information content (AvgIpc) is 2.26. The van der Waals surface area contributed by atoms with Crippen LogP contribution in [0, 0.1) is 0 Å². The summed E-state index contributed by atoms with van der Waals surface area (Å²) in [6.07, 6.45) is 6.38. The predicted octanol–water partition coefficient (Wildman–Crippen LogP) is 1.63. The van der Waals surface area contributed by atoms with Gasteiger partial charge in [0.15, 0.2) is 0 Å². The topological polar surface area (TPSA) is 58.2 Å². The largest absolute Gasteiger partial charge is 0.313 e. The molecule has 0 aromatic heterocycles. The van der Waals surface area contributed by atoms with Crippen molar-refractivity contribution in [1.29, 1.82) is 0 Å². The zero-order chi connectivity index (χ0) is 12.7. The summed E-state index contributed by atoms with van der Waals surface area (Å²) in [5.74, 6) is 0.226. The molecule has 0 aliphatic carbocycles. The van der Waals surface area contributed by atoms with Crippen LogP contribution in [0.2, 0.25) is 0 Å². The number of unbranched alkanes of at least 4 members (excludes halogenated alkanes) is 1. The number of sulfonamides is 1. The van der Waals surface area contributed by atoms with E-state index in [1.165, 1.54) is 0 Å². The molecule has 0 aromatic rings. The molecule has 5 heteroatoms. The lowest BCUT2D eigenvalue weighted by atomic mass is 10.1. The normalized spacial score (nSPS) is 23.5. The van der Waals surface area contributed by atoms with E-state index in [4.69, 9.17) is 0 Å². The van der Waals surface area contributed by atoms with E-state index in [1.807, 2.05) is 6.92 Å². The van der Waals surface area contributed by atoms with Crippen LogP contribution in [0.25, 0.3) is 0 Å². The first-order valence-corrected chi connectivity index (χ1v) is 8.42. The number of piperidine rings is 1. The Morgan fingerprint density at radius 1 is 1.41 bits per heavy atom. The summed E-state index contributed by atoms with van der Waals surface area (Å²) in [5, 5.41) is 3.27. The van der Waals surface area contributed by atoms with Gasteiger partial charge in [0.1, 0.15) is 0 Å². The second-order valence-corrected chi connectivity index (χ2v) is 6.89. The molecule has 0 saturated carbocycles. The van der Waals surface area contributed by atoms with Crippen molar-refractivity contribution in [3.63, 3.8) is 0 Å². The Labute approximate surface area is 106 Å². The van der Waals surface area contributed by atoms with Gasteiger partial charge in [0.25, 0.3) is 0 Å². The standard InChI is InChI=1S/C12H26N2O2S/c1-3-4-7-11(2)14-17(15,16)10-12-8-5-6-9-13-12/h11-14H,3-10H2,1-2H3. The minimum Gasteiger partial charge on any atom is -0.313 e. The summed E-state index contributed by atoms with van der Waals surface area (Å²) >= 11 is 0. The lowest BCUT2D eigenvalue weighted by Crippen LogP contribution is -2.44. The van der Waals surface area contributed by atoms with E-state index in [-0.39, 0.29) is 17.8 Å². The Balaban J connectivity index is 2.33. The third kappa shape index (κ3) is 6.38. The van der Waals surface area contributed by atoms with Gasteiger partial charge in [-0.2, -0.15) is 0 Å². The van der Waals surface area contributed by atoms with E-state index in [9.17, 15) is 8.42 Å². The highest BCUT2D eigenvalue weighted by atomic mass is 32.2. The molecular formula is C12H26N2O2S. The summed E-state index contributed by atoms with van der Waals surface area (Å²) in [7, 11) is -3.12.